The highest BCUT2D eigenvalue weighted by Gasteiger charge is 2.64. The number of imide groups is 1. The third-order valence-electron chi connectivity index (χ3n) is 6.61. The van der Waals surface area contributed by atoms with Crippen LogP contribution in [0.5, 0.6) is 0 Å². The van der Waals surface area contributed by atoms with Crippen LogP contribution in [0.25, 0.3) is 0 Å². The smallest absolute Gasteiger partial charge is 0.292 e. The number of ketones is 1. The zero-order valence-corrected chi connectivity index (χ0v) is 16.4. The first kappa shape index (κ1) is 19.9. The van der Waals surface area contributed by atoms with Gasteiger partial charge in [-0.3, -0.25) is 19.3 Å². The molecule has 4 atom stereocenters. The Balaban J connectivity index is 1.55. The molecule has 3 aliphatic heterocycles. The molecular weight excluding hydrogens is 409 g/mol. The summed E-state index contributed by atoms with van der Waals surface area (Å²) < 4.78 is 39.5. The van der Waals surface area contributed by atoms with Crippen molar-refractivity contribution in [2.24, 2.45) is 11.8 Å². The number of benzene rings is 2. The number of alkyl halides is 3. The molecule has 0 unspecified atom stereocenters. The number of fused-ring (bicyclic) bond motifs is 3. The Kier molecular flexibility index (Phi) is 4.51. The Morgan fingerprint density at radius 2 is 1.65 bits per heavy atom. The van der Waals surface area contributed by atoms with Crippen molar-refractivity contribution in [3.63, 3.8) is 0 Å². The fourth-order valence-corrected chi connectivity index (χ4v) is 5.36. The van der Waals surface area contributed by atoms with E-state index in [4.69, 9.17) is 0 Å². The lowest BCUT2D eigenvalue weighted by Gasteiger charge is -2.27. The highest BCUT2D eigenvalue weighted by atomic mass is 19.4. The van der Waals surface area contributed by atoms with Gasteiger partial charge in [0.15, 0.2) is 5.78 Å². The van der Waals surface area contributed by atoms with E-state index in [1.54, 1.807) is 30.3 Å². The highest BCUT2D eigenvalue weighted by molar-refractivity contribution is 6.24. The van der Waals surface area contributed by atoms with Crippen molar-refractivity contribution >= 4 is 23.3 Å². The second kappa shape index (κ2) is 7.02. The van der Waals surface area contributed by atoms with E-state index in [9.17, 15) is 27.6 Å². The van der Waals surface area contributed by atoms with Crippen molar-refractivity contribution in [3.05, 3.63) is 65.7 Å². The minimum Gasteiger partial charge on any atom is -0.292 e. The number of amides is 2. The zero-order valence-electron chi connectivity index (χ0n) is 16.4. The van der Waals surface area contributed by atoms with Crippen LogP contribution in [0, 0.1) is 11.8 Å². The van der Waals surface area contributed by atoms with Gasteiger partial charge in [0.1, 0.15) is 0 Å². The van der Waals surface area contributed by atoms with Crippen LogP contribution in [-0.4, -0.2) is 41.1 Å². The van der Waals surface area contributed by atoms with Crippen LogP contribution in [0.15, 0.2) is 54.6 Å². The van der Waals surface area contributed by atoms with Gasteiger partial charge >= 0.3 is 6.18 Å². The molecule has 5 rings (SSSR count). The Morgan fingerprint density at radius 1 is 0.935 bits per heavy atom. The molecule has 3 heterocycles. The average molecular weight is 428 g/mol. The standard InChI is InChI=1S/C23H19F3N2O3/c24-23(25,26)14-8-4-9-15(12-14)28-21(30)17-16-10-5-11-27(16)19(18(17)22(28)31)20(29)13-6-2-1-3-7-13/h1-4,6-9,12,16-19H,5,10-11H2/t16-,17+,18-,19-/m1/s1. The Labute approximate surface area is 176 Å². The predicted molar refractivity (Wildman–Crippen MR) is 105 cm³/mol. The highest BCUT2D eigenvalue weighted by Crippen LogP contribution is 2.48. The first-order valence-electron chi connectivity index (χ1n) is 10.2. The first-order chi connectivity index (χ1) is 14.8. The second-order valence-electron chi connectivity index (χ2n) is 8.23. The van der Waals surface area contributed by atoms with Crippen LogP contribution in [0.1, 0.15) is 28.8 Å². The minimum absolute atomic E-state index is 0.102. The molecule has 0 aliphatic carbocycles. The van der Waals surface area contributed by atoms with Crippen LogP contribution in [0.4, 0.5) is 18.9 Å². The molecule has 2 aromatic rings. The largest absolute Gasteiger partial charge is 0.416 e. The molecule has 31 heavy (non-hydrogen) atoms. The van der Waals surface area contributed by atoms with Gasteiger partial charge in [-0.15, -0.1) is 0 Å². The summed E-state index contributed by atoms with van der Waals surface area (Å²) in [4.78, 5) is 42.8. The van der Waals surface area contributed by atoms with Crippen molar-refractivity contribution in [1.29, 1.82) is 0 Å². The zero-order chi connectivity index (χ0) is 21.9. The Hall–Kier alpha value is -3.00. The number of carbonyl (C=O) groups is 3. The maximum absolute atomic E-state index is 13.4. The van der Waals surface area contributed by atoms with Crippen molar-refractivity contribution in [1.82, 2.24) is 4.90 Å². The Bertz CT molecular complexity index is 1070. The van der Waals surface area contributed by atoms with Crippen molar-refractivity contribution in [2.45, 2.75) is 31.1 Å². The molecule has 3 fully saturated rings. The van der Waals surface area contributed by atoms with E-state index in [2.05, 4.69) is 0 Å². The van der Waals surface area contributed by atoms with Crippen LogP contribution in [-0.2, 0) is 15.8 Å². The minimum atomic E-state index is -4.59. The van der Waals surface area contributed by atoms with Gasteiger partial charge in [0.2, 0.25) is 11.8 Å². The predicted octanol–water partition coefficient (Wildman–Crippen LogP) is 3.54. The van der Waals surface area contributed by atoms with Gasteiger partial charge in [-0.2, -0.15) is 13.2 Å². The topological polar surface area (TPSA) is 57.7 Å². The molecule has 8 heteroatoms. The summed E-state index contributed by atoms with van der Waals surface area (Å²) in [6.45, 7) is 0.616. The average Bonchev–Trinajstić information content (AvgIpc) is 3.40. The number of rotatable bonds is 3. The van der Waals surface area contributed by atoms with E-state index in [0.29, 0.717) is 18.5 Å². The van der Waals surface area contributed by atoms with E-state index in [1.165, 1.54) is 12.1 Å². The second-order valence-corrected chi connectivity index (χ2v) is 8.23. The lowest BCUT2D eigenvalue weighted by atomic mass is 9.85. The number of carbonyl (C=O) groups excluding carboxylic acids is 3. The SMILES string of the molecule is O=C(c1ccccc1)[C@H]1[C@@H]2C(=O)N(c3cccc(C(F)(F)F)c3)C(=O)[C@H]2[C@H]2CCCN21. The molecule has 3 saturated heterocycles. The molecule has 0 radical (unpaired) electrons. The van der Waals surface area contributed by atoms with E-state index in [0.717, 1.165) is 23.5 Å². The van der Waals surface area contributed by atoms with Gasteiger partial charge in [0.25, 0.3) is 0 Å². The third kappa shape index (κ3) is 3.00. The number of hydrogen-bond acceptors (Lipinski definition) is 4. The molecule has 5 nitrogen and oxygen atoms in total. The van der Waals surface area contributed by atoms with Crippen LogP contribution in [0.3, 0.4) is 0 Å². The summed E-state index contributed by atoms with van der Waals surface area (Å²) in [5.41, 5.74) is -0.576. The number of anilines is 1. The number of nitrogens with zero attached hydrogens (tertiary/aromatic N) is 2. The first-order valence-corrected chi connectivity index (χ1v) is 10.2. The number of hydrogen-bond donors (Lipinski definition) is 0. The lowest BCUT2D eigenvalue weighted by Crippen LogP contribution is -2.46. The van der Waals surface area contributed by atoms with Gasteiger partial charge in [0, 0.05) is 11.6 Å². The molecule has 0 bridgehead atoms. The summed E-state index contributed by atoms with van der Waals surface area (Å²) in [6, 6.07) is 11.8. The maximum atomic E-state index is 13.4. The molecular formula is C23H19F3N2O3. The quantitative estimate of drug-likeness (QED) is 0.554. The van der Waals surface area contributed by atoms with Crippen LogP contribution in [0.2, 0.25) is 0 Å². The molecule has 2 aromatic carbocycles. The monoisotopic (exact) mass is 428 g/mol. The van der Waals surface area contributed by atoms with E-state index < -0.39 is 41.4 Å². The summed E-state index contributed by atoms with van der Waals surface area (Å²) in [6.07, 6.45) is -3.11. The normalized spacial score (nSPS) is 28.2. The molecule has 2 amide bonds. The summed E-state index contributed by atoms with van der Waals surface area (Å²) >= 11 is 0. The fourth-order valence-electron chi connectivity index (χ4n) is 5.36. The van der Waals surface area contributed by atoms with Gasteiger partial charge < -0.3 is 0 Å². The maximum Gasteiger partial charge on any atom is 0.416 e. The van der Waals surface area contributed by atoms with Crippen LogP contribution < -0.4 is 4.90 Å². The Morgan fingerprint density at radius 3 is 2.35 bits per heavy atom. The van der Waals surface area contributed by atoms with Gasteiger partial charge in [-0.25, -0.2) is 4.90 Å². The summed E-state index contributed by atoms with van der Waals surface area (Å²) in [7, 11) is 0. The summed E-state index contributed by atoms with van der Waals surface area (Å²) in [5, 5.41) is 0. The third-order valence-corrected chi connectivity index (χ3v) is 6.61. The van der Waals surface area contributed by atoms with Crippen molar-refractivity contribution < 1.29 is 27.6 Å². The van der Waals surface area contributed by atoms with E-state index in [1.807, 2.05) is 4.90 Å². The fraction of sp³-hybridized carbons (Fsp3) is 0.348. The lowest BCUT2D eigenvalue weighted by molar-refractivity contribution is -0.137. The molecule has 0 aromatic heterocycles. The van der Waals surface area contributed by atoms with E-state index >= 15 is 0 Å². The van der Waals surface area contributed by atoms with Crippen molar-refractivity contribution in [3.8, 4) is 0 Å². The number of Topliss-reactive ketones (excluding diaryl/α,β-unsaturated/α-hetero) is 1. The molecule has 0 N–H and O–H groups in total. The van der Waals surface area contributed by atoms with Gasteiger partial charge in [0.05, 0.1) is 29.1 Å². The van der Waals surface area contributed by atoms with Crippen LogP contribution >= 0.6 is 0 Å². The molecule has 3 aliphatic rings. The summed E-state index contributed by atoms with van der Waals surface area (Å²) in [5.74, 6) is -2.96. The van der Waals surface area contributed by atoms with Gasteiger partial charge in [-0.05, 0) is 37.6 Å². The number of halogens is 3. The van der Waals surface area contributed by atoms with Crippen molar-refractivity contribution in [2.75, 3.05) is 11.4 Å². The molecule has 0 spiro atoms. The van der Waals surface area contributed by atoms with E-state index in [-0.39, 0.29) is 17.5 Å². The molecule has 0 saturated carbocycles. The van der Waals surface area contributed by atoms with Gasteiger partial charge in [-0.1, -0.05) is 36.4 Å². The molecule has 160 valence electrons.